The molecule has 1 saturated heterocycles. The van der Waals surface area contributed by atoms with Crippen molar-refractivity contribution < 1.29 is 14.3 Å². The van der Waals surface area contributed by atoms with Crippen LogP contribution in [0.25, 0.3) is 0 Å². The third kappa shape index (κ3) is 2.59. The van der Waals surface area contributed by atoms with E-state index >= 15 is 0 Å². The molecule has 27 heavy (non-hydrogen) atoms. The van der Waals surface area contributed by atoms with E-state index < -0.39 is 0 Å². The van der Waals surface area contributed by atoms with Crippen molar-refractivity contribution in [3.8, 4) is 11.5 Å². The van der Waals surface area contributed by atoms with Crippen molar-refractivity contribution in [3.63, 3.8) is 0 Å². The van der Waals surface area contributed by atoms with Crippen LogP contribution in [0, 0.1) is 0 Å². The Labute approximate surface area is 159 Å². The van der Waals surface area contributed by atoms with Crippen molar-refractivity contribution in [1.29, 1.82) is 0 Å². The van der Waals surface area contributed by atoms with E-state index in [1.807, 2.05) is 18.2 Å². The second kappa shape index (κ2) is 6.24. The summed E-state index contributed by atoms with van der Waals surface area (Å²) in [6.07, 6.45) is 5.60. The first-order valence-electron chi connectivity index (χ1n) is 9.54. The van der Waals surface area contributed by atoms with Crippen LogP contribution in [0.3, 0.4) is 0 Å². The summed E-state index contributed by atoms with van der Waals surface area (Å²) in [6.45, 7) is 2.41. The Kier molecular flexibility index (Phi) is 3.83. The first-order valence-corrected chi connectivity index (χ1v) is 9.54. The topological polar surface area (TPSA) is 38.8 Å². The molecule has 2 aromatic carbocycles. The van der Waals surface area contributed by atoms with Crippen LogP contribution in [0.2, 0.25) is 0 Å². The molecule has 3 aliphatic rings. The minimum Gasteiger partial charge on any atom is -0.493 e. The summed E-state index contributed by atoms with van der Waals surface area (Å²) >= 11 is 0. The third-order valence-corrected chi connectivity index (χ3v) is 6.31. The van der Waals surface area contributed by atoms with Crippen LogP contribution in [0.15, 0.2) is 54.6 Å². The molecular weight excluding hydrogens is 338 g/mol. The molecule has 0 spiro atoms. The van der Waals surface area contributed by atoms with E-state index in [2.05, 4.69) is 35.2 Å². The van der Waals surface area contributed by atoms with Gasteiger partial charge in [-0.05, 0) is 41.3 Å². The summed E-state index contributed by atoms with van der Waals surface area (Å²) in [6, 6.07) is 14.7. The summed E-state index contributed by atoms with van der Waals surface area (Å²) in [5.41, 5.74) is 3.65. The van der Waals surface area contributed by atoms with E-state index in [0.717, 1.165) is 36.6 Å². The van der Waals surface area contributed by atoms with Crippen LogP contribution in [-0.4, -0.2) is 30.4 Å². The zero-order valence-corrected chi connectivity index (χ0v) is 15.5. The van der Waals surface area contributed by atoms with Crippen LogP contribution >= 0.6 is 0 Å². The predicted octanol–water partition coefficient (Wildman–Crippen LogP) is 3.63. The van der Waals surface area contributed by atoms with E-state index in [4.69, 9.17) is 9.47 Å². The number of benzene rings is 2. The molecule has 4 nitrogen and oxygen atoms in total. The minimum atomic E-state index is -0.0628. The lowest BCUT2D eigenvalue weighted by molar-refractivity contribution is -0.116. The normalized spacial score (nSPS) is 27.8. The fraction of sp³-hybridized carbons (Fsp3) is 0.348. The molecule has 2 aliphatic heterocycles. The molecule has 1 fully saturated rings. The number of ketones is 1. The van der Waals surface area contributed by atoms with Gasteiger partial charge in [-0.15, -0.1) is 0 Å². The van der Waals surface area contributed by atoms with Gasteiger partial charge in [-0.25, -0.2) is 0 Å². The number of methoxy groups -OCH3 is 1. The van der Waals surface area contributed by atoms with Crippen LogP contribution in [0.1, 0.15) is 29.5 Å². The molecule has 2 heterocycles. The van der Waals surface area contributed by atoms with E-state index in [1.54, 1.807) is 13.2 Å². The van der Waals surface area contributed by atoms with Crippen molar-refractivity contribution in [2.24, 2.45) is 0 Å². The number of rotatable bonds is 4. The van der Waals surface area contributed by atoms with Crippen LogP contribution in [0.4, 0.5) is 0 Å². The van der Waals surface area contributed by atoms with E-state index in [9.17, 15) is 4.79 Å². The molecule has 0 aromatic heterocycles. The third-order valence-electron chi connectivity index (χ3n) is 6.31. The number of hydrogen-bond acceptors (Lipinski definition) is 4. The maximum Gasteiger partial charge on any atom is 0.162 e. The number of ether oxygens (including phenoxy) is 2. The Morgan fingerprint density at radius 2 is 2.04 bits per heavy atom. The molecule has 4 heteroatoms. The maximum absolute atomic E-state index is 12.0. The van der Waals surface area contributed by atoms with Gasteiger partial charge in [-0.1, -0.05) is 36.4 Å². The SMILES string of the molecule is COc1cc2c(cc1OCc1ccccc1)CN1CCC23C=CC(=O)CC13. The van der Waals surface area contributed by atoms with Gasteiger partial charge in [0.25, 0.3) is 0 Å². The molecule has 0 amide bonds. The smallest absolute Gasteiger partial charge is 0.162 e. The molecule has 2 bridgehead atoms. The fourth-order valence-electron chi connectivity index (χ4n) is 4.97. The van der Waals surface area contributed by atoms with Gasteiger partial charge in [0.2, 0.25) is 0 Å². The Morgan fingerprint density at radius 1 is 1.19 bits per heavy atom. The Hall–Kier alpha value is -2.59. The Balaban J connectivity index is 1.52. The van der Waals surface area contributed by atoms with Crippen molar-refractivity contribution in [3.05, 3.63) is 71.3 Å². The molecule has 5 rings (SSSR count). The van der Waals surface area contributed by atoms with Gasteiger partial charge >= 0.3 is 0 Å². The van der Waals surface area contributed by atoms with E-state index in [1.165, 1.54) is 11.1 Å². The zero-order valence-electron chi connectivity index (χ0n) is 15.5. The van der Waals surface area contributed by atoms with Crippen molar-refractivity contribution in [2.75, 3.05) is 13.7 Å². The molecule has 0 radical (unpaired) electrons. The predicted molar refractivity (Wildman–Crippen MR) is 103 cm³/mol. The maximum atomic E-state index is 12.0. The lowest BCUT2D eigenvalue weighted by Gasteiger charge is -2.44. The van der Waals surface area contributed by atoms with Gasteiger partial charge < -0.3 is 9.47 Å². The molecule has 138 valence electrons. The molecule has 2 aromatic rings. The first-order chi connectivity index (χ1) is 13.2. The molecular formula is C23H23NO3. The monoisotopic (exact) mass is 361 g/mol. The van der Waals surface area contributed by atoms with Crippen molar-refractivity contribution >= 4 is 5.78 Å². The number of allylic oxidation sites excluding steroid dienone is 1. The number of carbonyl (C=O) groups is 1. The first kappa shape index (κ1) is 16.6. The number of carbonyl (C=O) groups excluding carboxylic acids is 1. The second-order valence-corrected chi connectivity index (χ2v) is 7.71. The van der Waals surface area contributed by atoms with Gasteiger partial charge in [0.15, 0.2) is 17.3 Å². The van der Waals surface area contributed by atoms with Crippen molar-refractivity contribution in [1.82, 2.24) is 4.90 Å². The molecule has 3 atom stereocenters. The number of fused-ring (bicyclic) bond motifs is 1. The number of hydrogen-bond donors (Lipinski definition) is 0. The van der Waals surface area contributed by atoms with Crippen LogP contribution in [-0.2, 0) is 23.4 Å². The second-order valence-electron chi connectivity index (χ2n) is 7.71. The average molecular weight is 361 g/mol. The summed E-state index contributed by atoms with van der Waals surface area (Å²) in [4.78, 5) is 14.4. The highest BCUT2D eigenvalue weighted by molar-refractivity contribution is 5.92. The van der Waals surface area contributed by atoms with Gasteiger partial charge in [0.05, 0.1) is 7.11 Å². The summed E-state index contributed by atoms with van der Waals surface area (Å²) in [5.74, 6) is 1.79. The molecule has 1 aliphatic carbocycles. The van der Waals surface area contributed by atoms with E-state index in [-0.39, 0.29) is 17.2 Å². The lowest BCUT2D eigenvalue weighted by atomic mass is 9.67. The van der Waals surface area contributed by atoms with Crippen LogP contribution < -0.4 is 9.47 Å². The average Bonchev–Trinajstić information content (AvgIpc) is 2.97. The summed E-state index contributed by atoms with van der Waals surface area (Å²) < 4.78 is 11.8. The van der Waals surface area contributed by atoms with Gasteiger partial charge in [-0.2, -0.15) is 0 Å². The van der Waals surface area contributed by atoms with Gasteiger partial charge in [0, 0.05) is 31.0 Å². The quantitative estimate of drug-likeness (QED) is 0.834. The van der Waals surface area contributed by atoms with Crippen molar-refractivity contribution in [2.45, 2.75) is 37.5 Å². The fourth-order valence-corrected chi connectivity index (χ4v) is 4.97. The Morgan fingerprint density at radius 3 is 2.85 bits per heavy atom. The Bertz CT molecular complexity index is 921. The van der Waals surface area contributed by atoms with Gasteiger partial charge in [-0.3, -0.25) is 9.69 Å². The highest BCUT2D eigenvalue weighted by atomic mass is 16.5. The van der Waals surface area contributed by atoms with Crippen LogP contribution in [0.5, 0.6) is 11.5 Å². The summed E-state index contributed by atoms with van der Waals surface area (Å²) in [5, 5.41) is 0. The highest BCUT2D eigenvalue weighted by Crippen LogP contribution is 2.52. The minimum absolute atomic E-state index is 0.0628. The molecule has 0 N–H and O–H groups in total. The van der Waals surface area contributed by atoms with Gasteiger partial charge in [0.1, 0.15) is 6.61 Å². The lowest BCUT2D eigenvalue weighted by Crippen LogP contribution is -2.48. The number of nitrogens with zero attached hydrogens (tertiary/aromatic N) is 1. The van der Waals surface area contributed by atoms with E-state index in [0.29, 0.717) is 13.0 Å². The summed E-state index contributed by atoms with van der Waals surface area (Å²) in [7, 11) is 1.69. The largest absolute Gasteiger partial charge is 0.493 e. The highest BCUT2D eigenvalue weighted by Gasteiger charge is 2.53. The zero-order chi connectivity index (χ0) is 18.4. The molecule has 3 unspecified atom stereocenters. The standard InChI is InChI=1S/C23H23NO3/c1-26-20-13-19-17(11-21(20)27-15-16-5-3-2-4-6-16)14-24-10-9-23(19)8-7-18(25)12-22(23)24/h2-8,11,13,22H,9-10,12,14-15H2,1H3. The molecule has 0 saturated carbocycles.